The van der Waals surface area contributed by atoms with Gasteiger partial charge in [0.05, 0.1) is 22.2 Å². The van der Waals surface area contributed by atoms with Crippen molar-refractivity contribution in [2.75, 3.05) is 22.7 Å². The van der Waals surface area contributed by atoms with Crippen molar-refractivity contribution in [2.45, 2.75) is 50.5 Å². The second-order valence-corrected chi connectivity index (χ2v) is 11.6. The van der Waals surface area contributed by atoms with Gasteiger partial charge in [-0.2, -0.15) is 0 Å². The maximum absolute atomic E-state index is 14.2. The van der Waals surface area contributed by atoms with Crippen LogP contribution in [0.4, 0.5) is 11.4 Å². The van der Waals surface area contributed by atoms with Crippen LogP contribution in [0.25, 0.3) is 0 Å². The van der Waals surface area contributed by atoms with Crippen molar-refractivity contribution >= 4 is 44.8 Å². The van der Waals surface area contributed by atoms with E-state index >= 15 is 0 Å². The molecule has 2 aliphatic rings. The summed E-state index contributed by atoms with van der Waals surface area (Å²) in [6.45, 7) is 5.18. The Bertz CT molecular complexity index is 1240. The number of carbonyl (C=O) groups is 2. The lowest BCUT2D eigenvalue weighted by Crippen LogP contribution is -2.57. The molecule has 0 spiro atoms. The van der Waals surface area contributed by atoms with Gasteiger partial charge < -0.3 is 16.4 Å². The summed E-state index contributed by atoms with van der Waals surface area (Å²) in [4.78, 5) is 26.1. The summed E-state index contributed by atoms with van der Waals surface area (Å²) < 4.78 is 29.4. The van der Waals surface area contributed by atoms with Crippen molar-refractivity contribution in [3.63, 3.8) is 0 Å². The topological polar surface area (TPSA) is 122 Å². The number of aryl methyl sites for hydroxylation is 2. The fourth-order valence-corrected chi connectivity index (χ4v) is 7.22. The van der Waals surface area contributed by atoms with Gasteiger partial charge in [-0.1, -0.05) is 23.7 Å². The molecule has 2 aromatic carbocycles. The number of hydrogen-bond acceptors (Lipinski definition) is 5. The predicted octanol–water partition coefficient (Wildman–Crippen LogP) is 3.35. The fourth-order valence-electron chi connectivity index (χ4n) is 5.04. The Morgan fingerprint density at radius 2 is 1.86 bits per heavy atom. The van der Waals surface area contributed by atoms with Crippen molar-refractivity contribution in [2.24, 2.45) is 17.6 Å². The van der Waals surface area contributed by atoms with Crippen LogP contribution in [-0.2, 0) is 19.6 Å². The van der Waals surface area contributed by atoms with Gasteiger partial charge >= 0.3 is 0 Å². The van der Waals surface area contributed by atoms with E-state index in [-0.39, 0.29) is 4.90 Å². The highest BCUT2D eigenvalue weighted by Gasteiger charge is 2.47. The first-order valence-corrected chi connectivity index (χ1v) is 13.6. The lowest BCUT2D eigenvalue weighted by molar-refractivity contribution is -0.127. The third-order valence-corrected chi connectivity index (χ3v) is 9.35. The third kappa shape index (κ3) is 5.03. The number of primary amides is 1. The average Bonchev–Trinajstić information content (AvgIpc) is 2.81. The minimum Gasteiger partial charge on any atom is -0.369 e. The molecular formula is C25H31ClN4O4S. The van der Waals surface area contributed by atoms with Crippen molar-refractivity contribution in [1.29, 1.82) is 0 Å². The molecule has 4 N–H and O–H groups in total. The molecule has 2 aromatic rings. The Labute approximate surface area is 211 Å². The zero-order valence-electron chi connectivity index (χ0n) is 19.9. The molecule has 1 fully saturated rings. The Morgan fingerprint density at radius 1 is 1.17 bits per heavy atom. The molecule has 0 aliphatic carbocycles. The van der Waals surface area contributed by atoms with Crippen LogP contribution >= 0.6 is 11.6 Å². The van der Waals surface area contributed by atoms with Gasteiger partial charge in [0, 0.05) is 5.02 Å². The SMILES string of the molecule is Cc1cc(S(=O)(=O)N2c3ccccc3NC(=O)[C@H]2C(CCC2CCNCC2)C(N)=O)c(C)cc1Cl. The van der Waals surface area contributed by atoms with Crippen LogP contribution < -0.4 is 20.7 Å². The summed E-state index contributed by atoms with van der Waals surface area (Å²) in [6.07, 6.45) is 2.95. The number of hydrogen-bond donors (Lipinski definition) is 3. The molecule has 10 heteroatoms. The van der Waals surface area contributed by atoms with Gasteiger partial charge in [0.1, 0.15) is 6.04 Å². The Hall–Kier alpha value is -2.62. The maximum Gasteiger partial charge on any atom is 0.265 e. The molecule has 35 heavy (non-hydrogen) atoms. The number of sulfonamides is 1. The molecule has 0 bridgehead atoms. The lowest BCUT2D eigenvalue weighted by Gasteiger charge is -2.40. The molecule has 4 rings (SSSR count). The van der Waals surface area contributed by atoms with Gasteiger partial charge in [-0.25, -0.2) is 8.42 Å². The predicted molar refractivity (Wildman–Crippen MR) is 137 cm³/mol. The zero-order valence-corrected chi connectivity index (χ0v) is 21.5. The molecule has 8 nitrogen and oxygen atoms in total. The van der Waals surface area contributed by atoms with Gasteiger partial charge in [-0.05, 0) is 93.9 Å². The summed E-state index contributed by atoms with van der Waals surface area (Å²) >= 11 is 6.22. The lowest BCUT2D eigenvalue weighted by atomic mass is 9.85. The first kappa shape index (κ1) is 25.5. The number of piperidine rings is 1. The first-order valence-electron chi connectivity index (χ1n) is 11.8. The maximum atomic E-state index is 14.2. The second kappa shape index (κ2) is 10.2. The van der Waals surface area contributed by atoms with E-state index in [0.717, 1.165) is 30.2 Å². The van der Waals surface area contributed by atoms with Gasteiger partial charge in [0.15, 0.2) is 0 Å². The highest BCUT2D eigenvalue weighted by molar-refractivity contribution is 7.93. The number of nitrogens with two attached hydrogens (primary N) is 1. The summed E-state index contributed by atoms with van der Waals surface area (Å²) in [6, 6.07) is 8.48. The number of amides is 2. The molecule has 2 heterocycles. The number of rotatable bonds is 7. The number of para-hydroxylation sites is 2. The average molecular weight is 519 g/mol. The minimum absolute atomic E-state index is 0.0375. The number of nitrogens with one attached hydrogen (secondary N) is 2. The van der Waals surface area contributed by atoms with E-state index in [1.165, 1.54) is 6.07 Å². The van der Waals surface area contributed by atoms with Gasteiger partial charge in [0.25, 0.3) is 10.0 Å². The van der Waals surface area contributed by atoms with Crippen LogP contribution in [0.2, 0.25) is 5.02 Å². The van der Waals surface area contributed by atoms with Crippen molar-refractivity contribution in [3.05, 3.63) is 52.5 Å². The number of nitrogens with zero attached hydrogens (tertiary/aromatic N) is 1. The zero-order chi connectivity index (χ0) is 25.3. The second-order valence-electron chi connectivity index (χ2n) is 9.40. The number of carbonyl (C=O) groups excluding carboxylic acids is 2. The summed E-state index contributed by atoms with van der Waals surface area (Å²) in [5, 5.41) is 6.55. The van der Waals surface area contributed by atoms with Crippen molar-refractivity contribution in [1.82, 2.24) is 5.32 Å². The van der Waals surface area contributed by atoms with E-state index in [4.69, 9.17) is 17.3 Å². The monoisotopic (exact) mass is 518 g/mol. The molecule has 0 saturated carbocycles. The van der Waals surface area contributed by atoms with E-state index in [0.29, 0.717) is 46.3 Å². The molecule has 2 atom stereocenters. The van der Waals surface area contributed by atoms with Crippen LogP contribution in [0.15, 0.2) is 41.3 Å². The number of benzene rings is 2. The minimum atomic E-state index is -4.25. The first-order chi connectivity index (χ1) is 16.6. The Balaban J connectivity index is 1.81. The van der Waals surface area contributed by atoms with Crippen LogP contribution in [-0.4, -0.2) is 39.4 Å². The largest absolute Gasteiger partial charge is 0.369 e. The van der Waals surface area contributed by atoms with E-state index in [1.54, 1.807) is 44.2 Å². The van der Waals surface area contributed by atoms with E-state index in [9.17, 15) is 18.0 Å². The molecule has 0 aromatic heterocycles. The molecule has 2 aliphatic heterocycles. The third-order valence-electron chi connectivity index (χ3n) is 7.00. The molecule has 1 saturated heterocycles. The molecule has 1 unspecified atom stereocenters. The molecular weight excluding hydrogens is 488 g/mol. The Morgan fingerprint density at radius 3 is 2.54 bits per heavy atom. The quantitative estimate of drug-likeness (QED) is 0.519. The number of fused-ring (bicyclic) bond motifs is 1. The normalized spacial score (nSPS) is 19.7. The van der Waals surface area contributed by atoms with Gasteiger partial charge in [0.2, 0.25) is 11.8 Å². The van der Waals surface area contributed by atoms with Gasteiger partial charge in [-0.15, -0.1) is 0 Å². The molecule has 0 radical (unpaired) electrons. The molecule has 2 amide bonds. The highest BCUT2D eigenvalue weighted by Crippen LogP contribution is 2.40. The molecule has 188 valence electrons. The number of halogens is 1. The standard InChI is InChI=1S/C25H31ClN4O4S/c1-15-14-22(16(2)13-19(15)26)35(33,34)30-21-6-4-3-5-20(21)29-25(32)23(30)18(24(27)31)8-7-17-9-11-28-12-10-17/h3-6,13-14,17-18,23,28H,7-12H2,1-2H3,(H2,27,31)(H,29,32)/t18?,23-/m1/s1. The van der Waals surface area contributed by atoms with Gasteiger partial charge in [-0.3, -0.25) is 13.9 Å². The summed E-state index contributed by atoms with van der Waals surface area (Å²) in [5.41, 5.74) is 7.53. The van der Waals surface area contributed by atoms with Crippen molar-refractivity contribution < 1.29 is 18.0 Å². The Kier molecular flexibility index (Phi) is 7.40. The summed E-state index contributed by atoms with van der Waals surface area (Å²) in [5.74, 6) is -1.85. The number of anilines is 2. The van der Waals surface area contributed by atoms with Crippen molar-refractivity contribution in [3.8, 4) is 0 Å². The van der Waals surface area contributed by atoms with Crippen LogP contribution in [0.3, 0.4) is 0 Å². The highest BCUT2D eigenvalue weighted by atomic mass is 35.5. The van der Waals surface area contributed by atoms with Crippen LogP contribution in [0, 0.1) is 25.7 Å². The summed E-state index contributed by atoms with van der Waals surface area (Å²) in [7, 11) is -4.25. The fraction of sp³-hybridized carbons (Fsp3) is 0.440. The van der Waals surface area contributed by atoms with E-state index in [2.05, 4.69) is 10.6 Å². The van der Waals surface area contributed by atoms with E-state index < -0.39 is 33.8 Å². The van der Waals surface area contributed by atoms with Crippen LogP contribution in [0.5, 0.6) is 0 Å². The van der Waals surface area contributed by atoms with E-state index in [1.807, 2.05) is 0 Å². The van der Waals surface area contributed by atoms with Crippen LogP contribution in [0.1, 0.15) is 36.8 Å². The smallest absolute Gasteiger partial charge is 0.265 e.